The van der Waals surface area contributed by atoms with Gasteiger partial charge in [0.1, 0.15) is 25.5 Å². The number of carbonyl (C=O) groups excluding carboxylic acids is 1. The third kappa shape index (κ3) is 4.73. The minimum atomic E-state index is -4.07. The van der Waals surface area contributed by atoms with Gasteiger partial charge in [-0.3, -0.25) is 9.10 Å². The second kappa shape index (κ2) is 8.60. The smallest absolute Gasteiger partial charge is 0.326 e. The molecule has 0 aliphatic carbocycles. The van der Waals surface area contributed by atoms with Gasteiger partial charge in [-0.25, -0.2) is 8.42 Å². The third-order valence-electron chi connectivity index (χ3n) is 4.10. The first-order valence-electron chi connectivity index (χ1n) is 9.07. The first-order chi connectivity index (χ1) is 13.8. The summed E-state index contributed by atoms with van der Waals surface area (Å²) in [5, 5.41) is 0. The number of anilines is 1. The molecule has 156 valence electrons. The molecule has 8 nitrogen and oxygen atoms in total. The number of benzene rings is 2. The maximum Gasteiger partial charge on any atom is 0.326 e. The van der Waals surface area contributed by atoms with E-state index in [1.54, 1.807) is 24.3 Å². The Morgan fingerprint density at radius 1 is 1.07 bits per heavy atom. The predicted molar refractivity (Wildman–Crippen MR) is 106 cm³/mol. The quantitative estimate of drug-likeness (QED) is 0.635. The molecule has 2 aromatic rings. The van der Waals surface area contributed by atoms with Gasteiger partial charge in [-0.15, -0.1) is 0 Å². The minimum absolute atomic E-state index is 0.0199. The molecule has 0 bridgehead atoms. The number of nitrogens with zero attached hydrogens (tertiary/aromatic N) is 1. The lowest BCUT2D eigenvalue weighted by molar-refractivity contribution is -0.138. The van der Waals surface area contributed by atoms with Gasteiger partial charge in [0.2, 0.25) is 0 Å². The van der Waals surface area contributed by atoms with Crippen molar-refractivity contribution >= 4 is 21.7 Å². The van der Waals surface area contributed by atoms with Gasteiger partial charge >= 0.3 is 5.97 Å². The van der Waals surface area contributed by atoms with Crippen LogP contribution in [0.3, 0.4) is 0 Å². The van der Waals surface area contributed by atoms with Crippen molar-refractivity contribution in [2.75, 3.05) is 31.2 Å². The van der Waals surface area contributed by atoms with Crippen LogP contribution in [0.15, 0.2) is 47.4 Å². The summed E-state index contributed by atoms with van der Waals surface area (Å²) in [6.07, 6.45) is -0.0199. The van der Waals surface area contributed by atoms with Gasteiger partial charge in [0.15, 0.2) is 11.5 Å². The number of rotatable bonds is 7. The molecule has 0 atom stereocenters. The van der Waals surface area contributed by atoms with Crippen LogP contribution in [0, 0.1) is 0 Å². The first kappa shape index (κ1) is 20.8. The Morgan fingerprint density at radius 2 is 1.72 bits per heavy atom. The number of methoxy groups -OCH3 is 1. The molecular weight excluding hydrogens is 398 g/mol. The Balaban J connectivity index is 1.98. The molecule has 0 unspecified atom stereocenters. The molecule has 29 heavy (non-hydrogen) atoms. The van der Waals surface area contributed by atoms with E-state index in [0.29, 0.717) is 36.1 Å². The summed E-state index contributed by atoms with van der Waals surface area (Å²) in [7, 11) is -2.87. The normalized spacial score (nSPS) is 13.1. The van der Waals surface area contributed by atoms with Crippen molar-refractivity contribution in [3.8, 4) is 17.2 Å². The van der Waals surface area contributed by atoms with Gasteiger partial charge in [-0.1, -0.05) is 0 Å². The topological polar surface area (TPSA) is 91.4 Å². The van der Waals surface area contributed by atoms with Crippen molar-refractivity contribution in [2.45, 2.75) is 24.8 Å². The highest BCUT2D eigenvalue weighted by atomic mass is 32.2. The zero-order valence-corrected chi connectivity index (χ0v) is 17.3. The van der Waals surface area contributed by atoms with E-state index in [9.17, 15) is 13.2 Å². The van der Waals surface area contributed by atoms with Gasteiger partial charge in [0, 0.05) is 6.07 Å². The van der Waals surface area contributed by atoms with Crippen LogP contribution >= 0.6 is 0 Å². The maximum absolute atomic E-state index is 13.3. The lowest BCUT2D eigenvalue weighted by Crippen LogP contribution is -2.36. The van der Waals surface area contributed by atoms with E-state index < -0.39 is 22.5 Å². The number of sulfonamides is 1. The second-order valence-corrected chi connectivity index (χ2v) is 8.42. The third-order valence-corrected chi connectivity index (χ3v) is 5.87. The van der Waals surface area contributed by atoms with Gasteiger partial charge in [-0.05, 0) is 50.2 Å². The molecule has 2 aromatic carbocycles. The minimum Gasteiger partial charge on any atom is -0.491 e. The molecule has 1 aliphatic heterocycles. The highest BCUT2D eigenvalue weighted by Gasteiger charge is 2.29. The molecule has 0 N–H and O–H groups in total. The van der Waals surface area contributed by atoms with Crippen molar-refractivity contribution in [1.82, 2.24) is 0 Å². The van der Waals surface area contributed by atoms with Crippen molar-refractivity contribution in [3.63, 3.8) is 0 Å². The summed E-state index contributed by atoms with van der Waals surface area (Å²) in [6, 6.07) is 10.8. The van der Waals surface area contributed by atoms with Gasteiger partial charge < -0.3 is 18.9 Å². The van der Waals surface area contributed by atoms with Crippen LogP contribution in [-0.4, -0.2) is 47.4 Å². The van der Waals surface area contributed by atoms with Crippen LogP contribution in [0.2, 0.25) is 0 Å². The summed E-state index contributed by atoms with van der Waals surface area (Å²) in [5.41, 5.74) is 0.307. The molecule has 0 aromatic heterocycles. The fraction of sp³-hybridized carbons (Fsp3) is 0.350. The van der Waals surface area contributed by atoms with E-state index in [-0.39, 0.29) is 11.0 Å². The number of hydrogen-bond acceptors (Lipinski definition) is 7. The Labute approximate surface area is 170 Å². The lowest BCUT2D eigenvalue weighted by atomic mass is 10.3. The standard InChI is InChI=1S/C20H23NO7S/c1-14(2)28-16-6-4-15(5-7-16)21(13-20(22)25-3)29(23,24)17-8-9-18-19(12-17)27-11-10-26-18/h4-9,12,14H,10-11,13H2,1-3H3. The fourth-order valence-electron chi connectivity index (χ4n) is 2.77. The van der Waals surface area contributed by atoms with Crippen LogP contribution in [0.5, 0.6) is 17.2 Å². The summed E-state index contributed by atoms with van der Waals surface area (Å²) in [5.74, 6) is 0.730. The molecule has 3 rings (SSSR count). The van der Waals surface area contributed by atoms with E-state index >= 15 is 0 Å². The summed E-state index contributed by atoms with van der Waals surface area (Å²) in [6.45, 7) is 4.04. The maximum atomic E-state index is 13.3. The molecule has 0 saturated heterocycles. The molecule has 0 amide bonds. The fourth-order valence-corrected chi connectivity index (χ4v) is 4.20. The van der Waals surface area contributed by atoms with E-state index in [1.807, 2.05) is 13.8 Å². The molecule has 0 fully saturated rings. The lowest BCUT2D eigenvalue weighted by Gasteiger charge is -2.25. The Hall–Kier alpha value is -2.94. The number of esters is 1. The molecule has 0 radical (unpaired) electrons. The average molecular weight is 421 g/mol. The van der Waals surface area contributed by atoms with Crippen molar-refractivity contribution < 1.29 is 32.2 Å². The van der Waals surface area contributed by atoms with E-state index in [4.69, 9.17) is 14.2 Å². The summed E-state index contributed by atoms with van der Waals surface area (Å²) in [4.78, 5) is 11.9. The highest BCUT2D eigenvalue weighted by molar-refractivity contribution is 7.92. The number of carbonyl (C=O) groups is 1. The van der Waals surface area contributed by atoms with Gasteiger partial charge in [-0.2, -0.15) is 0 Å². The Bertz CT molecular complexity index is 971. The van der Waals surface area contributed by atoms with Gasteiger partial charge in [0.05, 0.1) is 23.8 Å². The van der Waals surface area contributed by atoms with Crippen molar-refractivity contribution in [2.24, 2.45) is 0 Å². The van der Waals surface area contributed by atoms with Crippen molar-refractivity contribution in [1.29, 1.82) is 0 Å². The van der Waals surface area contributed by atoms with Gasteiger partial charge in [0.25, 0.3) is 10.0 Å². The zero-order chi connectivity index (χ0) is 21.0. The first-order valence-corrected chi connectivity index (χ1v) is 10.5. The number of fused-ring (bicyclic) bond motifs is 1. The monoisotopic (exact) mass is 421 g/mol. The van der Waals surface area contributed by atoms with E-state index in [1.165, 1.54) is 25.3 Å². The molecule has 9 heteroatoms. The number of ether oxygens (including phenoxy) is 4. The van der Waals surface area contributed by atoms with Crippen LogP contribution in [0.25, 0.3) is 0 Å². The van der Waals surface area contributed by atoms with Crippen molar-refractivity contribution in [3.05, 3.63) is 42.5 Å². The largest absolute Gasteiger partial charge is 0.491 e. The second-order valence-electron chi connectivity index (χ2n) is 6.55. The summed E-state index contributed by atoms with van der Waals surface area (Å²) >= 11 is 0. The molecule has 0 saturated carbocycles. The molecule has 1 aliphatic rings. The molecule has 1 heterocycles. The van der Waals surface area contributed by atoms with Crippen LogP contribution in [-0.2, 0) is 19.6 Å². The Morgan fingerprint density at radius 3 is 2.34 bits per heavy atom. The zero-order valence-electron chi connectivity index (χ0n) is 16.5. The van der Waals surface area contributed by atoms with Crippen LogP contribution < -0.4 is 18.5 Å². The van der Waals surface area contributed by atoms with E-state index in [2.05, 4.69) is 4.74 Å². The molecular formula is C20H23NO7S. The number of hydrogen-bond donors (Lipinski definition) is 0. The highest BCUT2D eigenvalue weighted by Crippen LogP contribution is 2.34. The Kier molecular flexibility index (Phi) is 6.17. The SMILES string of the molecule is COC(=O)CN(c1ccc(OC(C)C)cc1)S(=O)(=O)c1ccc2c(c1)OCCO2. The van der Waals surface area contributed by atoms with E-state index in [0.717, 1.165) is 4.31 Å². The summed E-state index contributed by atoms with van der Waals surface area (Å²) < 4.78 is 48.8. The van der Waals surface area contributed by atoms with Crippen LogP contribution in [0.1, 0.15) is 13.8 Å². The predicted octanol–water partition coefficient (Wildman–Crippen LogP) is 2.61. The average Bonchev–Trinajstić information content (AvgIpc) is 2.71. The van der Waals surface area contributed by atoms with Crippen LogP contribution in [0.4, 0.5) is 5.69 Å². The molecule has 0 spiro atoms.